The van der Waals surface area contributed by atoms with E-state index in [2.05, 4.69) is 12.6 Å². The second-order valence-electron chi connectivity index (χ2n) is 4.37. The maximum atomic E-state index is 11.2. The summed E-state index contributed by atoms with van der Waals surface area (Å²) in [5.74, 6) is 0.689. The van der Waals surface area contributed by atoms with Crippen molar-refractivity contribution in [3.05, 3.63) is 30.1 Å². The molecule has 0 aromatic carbocycles. The maximum Gasteiger partial charge on any atom is 0.337 e. The fraction of sp³-hybridized carbons (Fsp3) is 0.500. The summed E-state index contributed by atoms with van der Waals surface area (Å²) in [6.45, 7) is 0.659. The van der Waals surface area contributed by atoms with Crippen LogP contribution in [-0.2, 0) is 22.1 Å². The van der Waals surface area contributed by atoms with Gasteiger partial charge in [-0.3, -0.25) is 4.57 Å². The Labute approximate surface area is 122 Å². The molecule has 0 saturated heterocycles. The van der Waals surface area contributed by atoms with Gasteiger partial charge >= 0.3 is 7.60 Å². The molecule has 114 valence electrons. The summed E-state index contributed by atoms with van der Waals surface area (Å²) in [4.78, 5) is 38.2. The zero-order valence-corrected chi connectivity index (χ0v) is 13.3. The highest BCUT2D eigenvalue weighted by Crippen LogP contribution is 2.58. The van der Waals surface area contributed by atoms with Gasteiger partial charge in [-0.1, -0.05) is 0 Å². The minimum absolute atomic E-state index is 0.421. The molecule has 7 nitrogen and oxygen atoms in total. The molecule has 3 N–H and O–H groups in total. The van der Waals surface area contributed by atoms with Gasteiger partial charge in [0.25, 0.3) is 0 Å². The molecule has 0 fully saturated rings. The van der Waals surface area contributed by atoms with E-state index in [1.807, 2.05) is 0 Å². The highest BCUT2D eigenvalue weighted by Gasteiger charge is 2.37. The molecule has 2 unspecified atom stereocenters. The van der Waals surface area contributed by atoms with Crippen molar-refractivity contribution in [2.75, 3.05) is 5.75 Å². The van der Waals surface area contributed by atoms with Gasteiger partial charge in [0.05, 0.1) is 0 Å². The van der Waals surface area contributed by atoms with Crippen LogP contribution in [0.25, 0.3) is 0 Å². The molecule has 0 aliphatic rings. The molecule has 1 aromatic rings. The van der Waals surface area contributed by atoms with Crippen LogP contribution in [0, 0.1) is 0 Å². The standard InChI is InChI=1S/C10H17NO6P2S/c12-18(13,14)10(19(15,16)17)7-9-3-1-4-11(8-9)5-2-6-20/h1,3-4,8,10H,2,5-7H2,(H4-,12,13,14,15,16,17,20). The molecule has 0 saturated carbocycles. The molecule has 20 heavy (non-hydrogen) atoms. The third-order valence-corrected chi connectivity index (χ3v) is 6.67. The third-order valence-electron chi connectivity index (χ3n) is 2.68. The van der Waals surface area contributed by atoms with Gasteiger partial charge in [-0.25, -0.2) is 4.57 Å². The first-order valence-corrected chi connectivity index (χ1v) is 9.78. The molecule has 2 atom stereocenters. The Morgan fingerprint density at radius 1 is 1.35 bits per heavy atom. The van der Waals surface area contributed by atoms with Crippen molar-refractivity contribution in [2.45, 2.75) is 24.8 Å². The van der Waals surface area contributed by atoms with Crippen molar-refractivity contribution in [2.24, 2.45) is 0 Å². The maximum absolute atomic E-state index is 11.2. The van der Waals surface area contributed by atoms with Crippen molar-refractivity contribution in [1.29, 1.82) is 0 Å². The number of hydrogen-bond donors (Lipinski definition) is 4. The summed E-state index contributed by atoms with van der Waals surface area (Å²) in [5.41, 5.74) is 0.421. The van der Waals surface area contributed by atoms with Crippen molar-refractivity contribution < 1.29 is 33.3 Å². The Balaban J connectivity index is 2.95. The minimum atomic E-state index is -5.13. The second-order valence-corrected chi connectivity index (χ2v) is 8.77. The van der Waals surface area contributed by atoms with Gasteiger partial charge in [0, 0.05) is 24.5 Å². The molecule has 1 heterocycles. The zero-order chi connectivity index (χ0) is 15.4. The minimum Gasteiger partial charge on any atom is -0.778 e. The molecule has 1 aromatic heterocycles. The predicted octanol–water partition coefficient (Wildman–Crippen LogP) is -0.114. The molecular weight excluding hydrogens is 324 g/mol. The van der Waals surface area contributed by atoms with Crippen LogP contribution in [0.3, 0.4) is 0 Å². The Hall–Kier alpha value is -0.200. The number of thiol groups is 1. The lowest BCUT2D eigenvalue weighted by Crippen LogP contribution is -2.34. The average Bonchev–Trinajstić information content (AvgIpc) is 2.31. The summed E-state index contributed by atoms with van der Waals surface area (Å²) in [5, 5.41) is -2.12. The van der Waals surface area contributed by atoms with Gasteiger partial charge in [-0.05, 0) is 11.8 Å². The molecule has 10 heteroatoms. The van der Waals surface area contributed by atoms with Crippen LogP contribution in [0.5, 0.6) is 0 Å². The van der Waals surface area contributed by atoms with Crippen LogP contribution in [-0.4, -0.2) is 25.8 Å². The van der Waals surface area contributed by atoms with Crippen LogP contribution in [0.2, 0.25) is 0 Å². The first-order chi connectivity index (χ1) is 9.14. The van der Waals surface area contributed by atoms with Gasteiger partial charge in [-0.2, -0.15) is 12.6 Å². The first kappa shape index (κ1) is 17.9. The molecule has 0 amide bonds. The van der Waals surface area contributed by atoms with Crippen LogP contribution < -0.4 is 9.46 Å². The number of aromatic nitrogens is 1. The quantitative estimate of drug-likeness (QED) is 0.312. The number of rotatable bonds is 7. The molecule has 0 bridgehead atoms. The summed E-state index contributed by atoms with van der Waals surface area (Å²) in [6.07, 6.45) is 3.72. The number of pyridine rings is 1. The molecule has 0 radical (unpaired) electrons. The molecule has 0 aliphatic carbocycles. The molecular formula is C10H17NO6P2S. The lowest BCUT2D eigenvalue weighted by molar-refractivity contribution is -0.697. The van der Waals surface area contributed by atoms with Crippen molar-refractivity contribution >= 4 is 27.8 Å². The fourth-order valence-electron chi connectivity index (χ4n) is 1.72. The van der Waals surface area contributed by atoms with E-state index < -0.39 is 27.0 Å². The Morgan fingerprint density at radius 3 is 2.50 bits per heavy atom. The number of aryl methyl sites for hydroxylation is 1. The topological polar surface area (TPSA) is 122 Å². The molecule has 0 aliphatic heterocycles. The summed E-state index contributed by atoms with van der Waals surface area (Å²) in [7, 11) is -10.1. The summed E-state index contributed by atoms with van der Waals surface area (Å²) < 4.78 is 24.1. The highest BCUT2D eigenvalue weighted by molar-refractivity contribution is 7.80. The van der Waals surface area contributed by atoms with Crippen LogP contribution in [0.4, 0.5) is 0 Å². The van der Waals surface area contributed by atoms with E-state index in [1.165, 1.54) is 0 Å². The second kappa shape index (κ2) is 7.18. The van der Waals surface area contributed by atoms with E-state index in [0.29, 0.717) is 17.9 Å². The van der Waals surface area contributed by atoms with E-state index in [0.717, 1.165) is 6.42 Å². The Morgan fingerprint density at radius 2 is 2.00 bits per heavy atom. The van der Waals surface area contributed by atoms with E-state index in [9.17, 15) is 14.0 Å². The highest BCUT2D eigenvalue weighted by atomic mass is 32.1. The van der Waals surface area contributed by atoms with Crippen LogP contribution >= 0.6 is 27.8 Å². The van der Waals surface area contributed by atoms with Crippen molar-refractivity contribution in [1.82, 2.24) is 0 Å². The first-order valence-electron chi connectivity index (χ1n) is 5.82. The van der Waals surface area contributed by atoms with E-state index in [4.69, 9.17) is 14.7 Å². The van der Waals surface area contributed by atoms with Crippen molar-refractivity contribution in [3.63, 3.8) is 0 Å². The molecule has 1 rings (SSSR count). The number of nitrogens with zero attached hydrogens (tertiary/aromatic N) is 1. The lowest BCUT2D eigenvalue weighted by atomic mass is 10.2. The van der Waals surface area contributed by atoms with Crippen LogP contribution in [0.1, 0.15) is 12.0 Å². The lowest BCUT2D eigenvalue weighted by Gasteiger charge is -2.27. The molecule has 0 spiro atoms. The van der Waals surface area contributed by atoms with E-state index in [1.54, 1.807) is 29.1 Å². The van der Waals surface area contributed by atoms with Gasteiger partial charge in [0.1, 0.15) is 19.5 Å². The third kappa shape index (κ3) is 5.66. The number of hydrogen-bond acceptors (Lipinski definition) is 4. The van der Waals surface area contributed by atoms with E-state index in [-0.39, 0.29) is 0 Å². The fourth-order valence-corrected chi connectivity index (χ4v) is 4.28. The average molecular weight is 341 g/mol. The van der Waals surface area contributed by atoms with Gasteiger partial charge in [0.2, 0.25) is 0 Å². The van der Waals surface area contributed by atoms with Gasteiger partial charge < -0.3 is 24.1 Å². The monoisotopic (exact) mass is 341 g/mol. The van der Waals surface area contributed by atoms with Crippen LogP contribution in [0.15, 0.2) is 24.5 Å². The van der Waals surface area contributed by atoms with Gasteiger partial charge in [-0.15, -0.1) is 0 Å². The summed E-state index contributed by atoms with van der Waals surface area (Å²) >= 11 is 4.08. The SMILES string of the molecule is O=P([O-])(O)C(Cc1ccc[n+](CCCS)c1)P(=O)(O)O. The summed E-state index contributed by atoms with van der Waals surface area (Å²) in [6, 6.07) is 3.20. The predicted molar refractivity (Wildman–Crippen MR) is 74.5 cm³/mol. The Bertz CT molecular complexity index is 520. The smallest absolute Gasteiger partial charge is 0.337 e. The largest absolute Gasteiger partial charge is 0.778 e. The van der Waals surface area contributed by atoms with Gasteiger partial charge in [0.15, 0.2) is 12.4 Å². The van der Waals surface area contributed by atoms with Crippen molar-refractivity contribution in [3.8, 4) is 0 Å². The van der Waals surface area contributed by atoms with E-state index >= 15 is 0 Å². The normalized spacial score (nSPS) is 16.6. The Kier molecular flexibility index (Phi) is 6.41. The zero-order valence-electron chi connectivity index (χ0n) is 10.6.